The number of carbonyl (C=O) groups is 1. The lowest BCUT2D eigenvalue weighted by Crippen LogP contribution is -2.16. The molecular formula is C47H85N4O24+. The molecular weight excluding hydrogens is 1000 g/mol. The molecule has 0 unspecified atom stereocenters. The highest BCUT2D eigenvalue weighted by Gasteiger charge is 2.09. The van der Waals surface area contributed by atoms with Crippen LogP contribution in [0.4, 0.5) is 10.5 Å². The summed E-state index contributed by atoms with van der Waals surface area (Å²) in [6.45, 7) is 17.5. The fourth-order valence-corrected chi connectivity index (χ4v) is 5.16. The van der Waals surface area contributed by atoms with Crippen LogP contribution in [0.5, 0.6) is 5.75 Å². The Morgan fingerprint density at radius 3 is 0.760 bits per heavy atom. The third-order valence-corrected chi connectivity index (χ3v) is 8.80. The molecule has 1 rings (SSSR count). The van der Waals surface area contributed by atoms with Crippen LogP contribution >= 0.6 is 0 Å². The number of hydrogen-bond donors (Lipinski definition) is 1. The second kappa shape index (κ2) is 59.7. The Bertz CT molecular complexity index is 1410. The first-order chi connectivity index (χ1) is 37.1. The number of nitrogens with zero attached hydrogens (tertiary/aromatic N) is 3. The molecule has 1 N–H and O–H groups in total. The van der Waals surface area contributed by atoms with E-state index in [-0.39, 0.29) is 24.7 Å². The van der Waals surface area contributed by atoms with E-state index in [0.717, 1.165) is 0 Å². The van der Waals surface area contributed by atoms with Gasteiger partial charge >= 0.3 is 6.16 Å². The van der Waals surface area contributed by atoms with E-state index in [1.165, 1.54) is 24.3 Å². The summed E-state index contributed by atoms with van der Waals surface area (Å²) in [6, 6.07) is 5.06. The van der Waals surface area contributed by atoms with Crippen molar-refractivity contribution >= 4 is 11.8 Å². The molecule has 0 amide bonds. The van der Waals surface area contributed by atoms with Crippen LogP contribution in [-0.2, 0) is 94.7 Å². The Kier molecular flexibility index (Phi) is 55.3. The smallest absolute Gasteiger partial charge is 0.432 e. The minimum atomic E-state index is -0.933. The third-order valence-electron chi connectivity index (χ3n) is 8.80. The van der Waals surface area contributed by atoms with Crippen LogP contribution in [-0.4, -0.2) is 275 Å². The number of non-ortho nitro benzene ring substituents is 1. The minimum absolute atomic E-state index is 0.0168. The van der Waals surface area contributed by atoms with Gasteiger partial charge in [0, 0.05) is 12.1 Å². The number of nitrogens with one attached hydrogen (secondary N) is 1. The van der Waals surface area contributed by atoms with Crippen LogP contribution in [0.3, 0.4) is 0 Å². The molecule has 0 saturated heterocycles. The minimum Gasteiger partial charge on any atom is -0.432 e. The quantitative estimate of drug-likeness (QED) is 0.0185. The third kappa shape index (κ3) is 55.0. The molecule has 0 bridgehead atoms. The molecule has 0 aliphatic heterocycles. The Morgan fingerprint density at radius 1 is 0.360 bits per heavy atom. The summed E-state index contributed by atoms with van der Waals surface area (Å²) in [4.78, 5) is 24.7. The molecule has 28 heteroatoms. The van der Waals surface area contributed by atoms with Crippen LogP contribution < -0.4 is 9.65 Å². The van der Waals surface area contributed by atoms with Gasteiger partial charge in [-0.25, -0.2) is 4.79 Å². The SMILES string of the molecule is N=[N+]=NCCOCCOCCOCCOCCOCCOCCOCCOCCOCCOCCOCCOCCOCCOCCOCCOCCOCCOCCOCCOC(=O)Oc1ccc([N+](=O)[O-])cc1. The first kappa shape index (κ1) is 69.5. The Hall–Kier alpha value is -3.56. The number of rotatable bonds is 62. The fourth-order valence-electron chi connectivity index (χ4n) is 5.16. The van der Waals surface area contributed by atoms with Crippen LogP contribution in [0.2, 0.25) is 0 Å². The summed E-state index contributed by atoms with van der Waals surface area (Å²) in [6.07, 6.45) is -0.933. The number of nitro groups is 1. The van der Waals surface area contributed by atoms with Gasteiger partial charge in [-0.2, -0.15) is 0 Å². The molecule has 75 heavy (non-hydrogen) atoms. The lowest BCUT2D eigenvalue weighted by atomic mass is 10.3. The Morgan fingerprint density at radius 2 is 0.560 bits per heavy atom. The van der Waals surface area contributed by atoms with Crippen LogP contribution in [0.1, 0.15) is 0 Å². The summed E-state index contributed by atoms with van der Waals surface area (Å²) < 4.78 is 114. The highest BCUT2D eigenvalue weighted by atomic mass is 16.7. The van der Waals surface area contributed by atoms with Gasteiger partial charge in [0.2, 0.25) is 4.91 Å². The average molecular weight is 1090 g/mol. The van der Waals surface area contributed by atoms with E-state index in [4.69, 9.17) is 105 Å². The molecule has 0 spiro atoms. The molecule has 1 aromatic carbocycles. The Labute approximate surface area is 440 Å². The highest BCUT2D eigenvalue weighted by Crippen LogP contribution is 2.17. The van der Waals surface area contributed by atoms with Gasteiger partial charge < -0.3 is 99.5 Å². The van der Waals surface area contributed by atoms with Gasteiger partial charge in [-0.15, -0.1) is 0 Å². The first-order valence-electron chi connectivity index (χ1n) is 25.2. The molecule has 0 aliphatic carbocycles. The maximum Gasteiger partial charge on any atom is 0.513 e. The van der Waals surface area contributed by atoms with Crippen molar-refractivity contribution in [1.29, 1.82) is 5.53 Å². The van der Waals surface area contributed by atoms with Gasteiger partial charge in [-0.1, -0.05) is 0 Å². The van der Waals surface area contributed by atoms with E-state index in [1.54, 1.807) is 0 Å². The number of benzene rings is 1. The van der Waals surface area contributed by atoms with Gasteiger partial charge in [0.1, 0.15) is 29.5 Å². The maximum atomic E-state index is 11.7. The molecule has 0 aliphatic rings. The van der Waals surface area contributed by atoms with Crippen molar-refractivity contribution in [2.24, 2.45) is 5.11 Å². The largest absolute Gasteiger partial charge is 0.513 e. The van der Waals surface area contributed by atoms with E-state index in [2.05, 4.69) is 10.0 Å². The normalized spacial score (nSPS) is 11.3. The number of carbonyl (C=O) groups excluding carboxylic acids is 1. The second-order valence-corrected chi connectivity index (χ2v) is 14.6. The van der Waals surface area contributed by atoms with E-state index in [0.29, 0.717) is 251 Å². The van der Waals surface area contributed by atoms with Gasteiger partial charge in [-0.05, 0) is 12.1 Å². The van der Waals surface area contributed by atoms with Crippen molar-refractivity contribution < 1.29 is 109 Å². The molecule has 0 aromatic heterocycles. The Balaban J connectivity index is 1.61. The maximum absolute atomic E-state index is 11.7. The molecule has 0 atom stereocenters. The zero-order chi connectivity index (χ0) is 53.7. The van der Waals surface area contributed by atoms with Crippen LogP contribution in [0, 0.1) is 15.6 Å². The molecule has 0 heterocycles. The number of hydrogen-bond acceptors (Lipinski definition) is 26. The van der Waals surface area contributed by atoms with E-state index < -0.39 is 11.1 Å². The van der Waals surface area contributed by atoms with E-state index in [9.17, 15) is 14.9 Å². The lowest BCUT2D eigenvalue weighted by Gasteiger charge is -2.09. The summed E-state index contributed by atoms with van der Waals surface area (Å²) >= 11 is 0. The van der Waals surface area contributed by atoms with Gasteiger partial charge in [-0.3, -0.25) is 10.1 Å². The summed E-state index contributed by atoms with van der Waals surface area (Å²) in [5.74, 6) is 0.135. The zero-order valence-electron chi connectivity index (χ0n) is 43.7. The molecule has 436 valence electrons. The zero-order valence-corrected chi connectivity index (χ0v) is 43.7. The van der Waals surface area contributed by atoms with Crippen LogP contribution in [0.15, 0.2) is 29.4 Å². The van der Waals surface area contributed by atoms with Crippen molar-refractivity contribution in [3.63, 3.8) is 0 Å². The van der Waals surface area contributed by atoms with Gasteiger partial charge in [0.15, 0.2) is 0 Å². The van der Waals surface area contributed by atoms with Gasteiger partial charge in [0.05, 0.1) is 256 Å². The van der Waals surface area contributed by atoms with Crippen molar-refractivity contribution in [2.45, 2.75) is 0 Å². The van der Waals surface area contributed by atoms with Crippen molar-refractivity contribution in [1.82, 2.24) is 4.91 Å². The van der Waals surface area contributed by atoms with Gasteiger partial charge in [0.25, 0.3) is 5.69 Å². The second-order valence-electron chi connectivity index (χ2n) is 14.6. The molecule has 0 saturated carbocycles. The predicted octanol–water partition coefficient (Wildman–Crippen LogP) is 1.98. The van der Waals surface area contributed by atoms with Crippen LogP contribution in [0.25, 0.3) is 0 Å². The molecule has 1 aromatic rings. The predicted molar refractivity (Wildman–Crippen MR) is 263 cm³/mol. The average Bonchev–Trinajstić information content (AvgIpc) is 3.41. The van der Waals surface area contributed by atoms with Crippen molar-refractivity contribution in [3.05, 3.63) is 34.4 Å². The summed E-state index contributed by atoms with van der Waals surface area (Å²) in [5, 5.41) is 14.1. The lowest BCUT2D eigenvalue weighted by molar-refractivity contribution is -0.384. The monoisotopic (exact) mass is 1090 g/mol. The number of nitro benzene ring substituents is 1. The summed E-state index contributed by atoms with van der Waals surface area (Å²) in [7, 11) is 0. The molecule has 0 fully saturated rings. The standard InChI is InChI=1S/C47H85N4O24/c48-50-49-5-6-55-7-8-56-9-10-57-11-12-58-13-14-59-15-16-60-17-18-61-19-20-62-21-22-63-23-24-64-25-26-65-27-28-66-29-30-67-31-32-68-33-34-69-35-36-70-37-38-71-39-40-72-41-42-73-43-44-74-47(52)75-46-3-1-45(2-4-46)51(53)54/h1-4,48H,5-44H2/q+1. The fraction of sp³-hybridized carbons (Fsp3) is 0.851. The first-order valence-corrected chi connectivity index (χ1v) is 25.2. The van der Waals surface area contributed by atoms with E-state index >= 15 is 0 Å². The van der Waals surface area contributed by atoms with Crippen molar-refractivity contribution in [2.75, 3.05) is 264 Å². The van der Waals surface area contributed by atoms with E-state index in [1.807, 2.05) is 0 Å². The highest BCUT2D eigenvalue weighted by molar-refractivity contribution is 5.63. The van der Waals surface area contributed by atoms with Crippen molar-refractivity contribution in [3.8, 4) is 5.75 Å². The topological polar surface area (TPSA) is 304 Å². The summed E-state index contributed by atoms with van der Waals surface area (Å²) in [5.41, 5.74) is 6.42. The molecule has 28 nitrogen and oxygen atoms in total. The molecule has 0 radical (unpaired) electrons. The number of ether oxygens (including phenoxy) is 21.